The van der Waals surface area contributed by atoms with Gasteiger partial charge in [-0.05, 0) is 62.1 Å². The molecule has 0 aliphatic carbocycles. The molecule has 0 bridgehead atoms. The Balaban J connectivity index is 2.37. The van der Waals surface area contributed by atoms with Gasteiger partial charge in [0.25, 0.3) is 0 Å². The lowest BCUT2D eigenvalue weighted by Gasteiger charge is -2.29. The third-order valence-electron chi connectivity index (χ3n) is 5.67. The first-order valence-corrected chi connectivity index (χ1v) is 11.3. The van der Waals surface area contributed by atoms with E-state index in [0.29, 0.717) is 16.1 Å². The Morgan fingerprint density at radius 1 is 1.03 bits per heavy atom. The molecule has 1 amide bonds. The van der Waals surface area contributed by atoms with Gasteiger partial charge < -0.3 is 14.7 Å². The lowest BCUT2D eigenvalue weighted by Crippen LogP contribution is -2.39. The normalized spacial score (nSPS) is 11.3. The number of hydrogen-bond donors (Lipinski definition) is 1. The second-order valence-corrected chi connectivity index (χ2v) is 9.59. The number of esters is 1. The zero-order valence-electron chi connectivity index (χ0n) is 19.6. The molecule has 34 heavy (non-hydrogen) atoms. The van der Waals surface area contributed by atoms with Crippen LogP contribution in [0.25, 0.3) is 0 Å². The zero-order chi connectivity index (χ0) is 25.8. The maximum atomic E-state index is 13.2. The van der Waals surface area contributed by atoms with Crippen LogP contribution in [0, 0.1) is 12.8 Å². The Kier molecular flexibility index (Phi) is 8.86. The van der Waals surface area contributed by atoms with E-state index in [9.17, 15) is 24.3 Å². The molecule has 0 unspecified atom stereocenters. The van der Waals surface area contributed by atoms with E-state index in [2.05, 4.69) is 0 Å². The molecule has 0 fully saturated rings. The monoisotopic (exact) mass is 507 g/mol. The van der Waals surface area contributed by atoms with Crippen LogP contribution >= 0.6 is 23.2 Å². The van der Waals surface area contributed by atoms with Crippen molar-refractivity contribution < 1.29 is 29.0 Å². The number of hydrogen-bond acceptors (Lipinski definition) is 5. The minimum atomic E-state index is -1.16. The number of carboxylic acids is 1. The predicted octanol–water partition coefficient (Wildman–Crippen LogP) is 5.47. The minimum absolute atomic E-state index is 0.00820. The summed E-state index contributed by atoms with van der Waals surface area (Å²) in [5.74, 6) is -4.00. The predicted molar refractivity (Wildman–Crippen MR) is 130 cm³/mol. The number of anilines is 1. The van der Waals surface area contributed by atoms with Crippen LogP contribution in [0.2, 0.25) is 10.0 Å². The molecule has 0 radical (unpaired) electrons. The van der Waals surface area contributed by atoms with Gasteiger partial charge >= 0.3 is 11.9 Å². The number of benzene rings is 2. The van der Waals surface area contributed by atoms with E-state index in [0.717, 1.165) is 0 Å². The summed E-state index contributed by atoms with van der Waals surface area (Å²) in [6.45, 7) is 8.66. The quantitative estimate of drug-likeness (QED) is 0.274. The molecule has 0 aliphatic rings. The van der Waals surface area contributed by atoms with Crippen LogP contribution in [-0.4, -0.2) is 34.3 Å². The Hall–Kier alpha value is -2.90. The summed E-state index contributed by atoms with van der Waals surface area (Å²) in [7, 11) is 0. The first-order valence-electron chi connectivity index (χ1n) is 10.6. The van der Waals surface area contributed by atoms with E-state index in [1.165, 1.54) is 11.0 Å². The van der Waals surface area contributed by atoms with E-state index in [4.69, 9.17) is 27.9 Å². The number of aryl methyl sites for hydroxylation is 1. The van der Waals surface area contributed by atoms with Crippen LogP contribution in [0.3, 0.4) is 0 Å². The fourth-order valence-corrected chi connectivity index (χ4v) is 3.19. The minimum Gasteiger partial charge on any atom is -0.478 e. The number of amides is 1. The molecule has 0 atom stereocenters. The number of carbonyl (C=O) groups is 4. The van der Waals surface area contributed by atoms with E-state index in [1.807, 2.05) is 13.8 Å². The van der Waals surface area contributed by atoms with Gasteiger partial charge in [0.2, 0.25) is 11.7 Å². The maximum absolute atomic E-state index is 13.2. The average molecular weight is 508 g/mol. The molecule has 9 heteroatoms. The lowest BCUT2D eigenvalue weighted by atomic mass is 9.94. The number of carbonyl (C=O) groups excluding carboxylic acids is 3. The molecule has 0 saturated heterocycles. The number of nitrogens with zero attached hydrogens (tertiary/aromatic N) is 1. The van der Waals surface area contributed by atoms with Crippen LogP contribution in [0.1, 0.15) is 55.6 Å². The van der Waals surface area contributed by atoms with Crippen molar-refractivity contribution in [3.05, 3.63) is 63.1 Å². The van der Waals surface area contributed by atoms with Crippen LogP contribution in [0.15, 0.2) is 36.4 Å². The number of aromatic carboxylic acids is 1. The van der Waals surface area contributed by atoms with Crippen molar-refractivity contribution >= 4 is 52.5 Å². The molecule has 2 aromatic rings. The molecular formula is C25H27Cl2NO6. The number of rotatable bonds is 9. The van der Waals surface area contributed by atoms with Crippen LogP contribution < -0.4 is 4.90 Å². The van der Waals surface area contributed by atoms with E-state index in [-0.39, 0.29) is 28.7 Å². The number of ketones is 1. The summed E-state index contributed by atoms with van der Waals surface area (Å²) >= 11 is 12.1. The van der Waals surface area contributed by atoms with Crippen molar-refractivity contribution in [2.45, 2.75) is 53.2 Å². The SMILES string of the molecule is Cc1ccc(N(Cc2ccc(Cl)c(Cl)c2)C(=O)CC(=O)C(=O)OC(C)(C)C(C)C)cc1C(=O)O. The van der Waals surface area contributed by atoms with Gasteiger partial charge in [-0.1, -0.05) is 49.2 Å². The Morgan fingerprint density at radius 2 is 1.68 bits per heavy atom. The Labute approximate surface area is 208 Å². The molecule has 0 aromatic heterocycles. The fourth-order valence-electron chi connectivity index (χ4n) is 2.87. The van der Waals surface area contributed by atoms with Crippen LogP contribution in [0.5, 0.6) is 0 Å². The largest absolute Gasteiger partial charge is 0.478 e. The van der Waals surface area contributed by atoms with Gasteiger partial charge in [0.05, 0.1) is 28.6 Å². The number of halogens is 2. The molecule has 0 heterocycles. The number of carboxylic acid groups (broad SMARTS) is 1. The summed E-state index contributed by atoms with van der Waals surface area (Å²) in [6, 6.07) is 9.27. The topological polar surface area (TPSA) is 101 Å². The highest BCUT2D eigenvalue weighted by molar-refractivity contribution is 6.42. The standard InChI is InChI=1S/C25H27Cl2NO6/c1-14(2)25(4,5)34-24(33)21(29)12-22(30)28(13-16-7-9-19(26)20(27)10-16)17-8-6-15(3)18(11-17)23(31)32/h6-11,14H,12-13H2,1-5H3,(H,31,32). The van der Waals surface area contributed by atoms with Gasteiger partial charge in [0.15, 0.2) is 0 Å². The third-order valence-corrected chi connectivity index (χ3v) is 6.41. The average Bonchev–Trinajstić information content (AvgIpc) is 2.74. The Morgan fingerprint density at radius 3 is 2.24 bits per heavy atom. The summed E-state index contributed by atoms with van der Waals surface area (Å²) in [4.78, 5) is 50.9. The highest BCUT2D eigenvalue weighted by atomic mass is 35.5. The van der Waals surface area contributed by atoms with Crippen molar-refractivity contribution in [2.24, 2.45) is 5.92 Å². The van der Waals surface area contributed by atoms with Crippen LogP contribution in [-0.2, 0) is 25.7 Å². The highest BCUT2D eigenvalue weighted by Gasteiger charge is 2.32. The molecule has 7 nitrogen and oxygen atoms in total. The molecule has 0 aliphatic heterocycles. The first-order chi connectivity index (χ1) is 15.7. The van der Waals surface area contributed by atoms with Crippen molar-refractivity contribution in [3.63, 3.8) is 0 Å². The van der Waals surface area contributed by atoms with Crippen molar-refractivity contribution in [1.82, 2.24) is 0 Å². The lowest BCUT2D eigenvalue weighted by molar-refractivity contribution is -0.167. The van der Waals surface area contributed by atoms with Gasteiger partial charge in [-0.2, -0.15) is 0 Å². The van der Waals surface area contributed by atoms with Crippen molar-refractivity contribution in [3.8, 4) is 0 Å². The van der Waals surface area contributed by atoms with Gasteiger partial charge in [-0.15, -0.1) is 0 Å². The molecular weight excluding hydrogens is 481 g/mol. The molecule has 182 valence electrons. The van der Waals surface area contributed by atoms with Crippen LogP contribution in [0.4, 0.5) is 5.69 Å². The third kappa shape index (κ3) is 6.81. The second-order valence-electron chi connectivity index (χ2n) is 8.78. The molecule has 0 saturated carbocycles. The van der Waals surface area contributed by atoms with Crippen molar-refractivity contribution in [1.29, 1.82) is 0 Å². The number of ether oxygens (including phenoxy) is 1. The summed E-state index contributed by atoms with van der Waals surface area (Å²) in [5, 5.41) is 10.1. The van der Waals surface area contributed by atoms with Crippen molar-refractivity contribution in [2.75, 3.05) is 4.90 Å². The summed E-state index contributed by atoms with van der Waals surface area (Å²) in [6.07, 6.45) is -0.745. The Bertz CT molecular complexity index is 1130. The fraction of sp³-hybridized carbons (Fsp3) is 0.360. The molecule has 2 aromatic carbocycles. The van der Waals surface area contributed by atoms with Gasteiger partial charge in [-0.25, -0.2) is 9.59 Å². The highest BCUT2D eigenvalue weighted by Crippen LogP contribution is 2.27. The molecule has 0 spiro atoms. The second kappa shape index (κ2) is 11.0. The van der Waals surface area contributed by atoms with Gasteiger partial charge in [0, 0.05) is 5.69 Å². The van der Waals surface area contributed by atoms with E-state index < -0.39 is 35.7 Å². The van der Waals surface area contributed by atoms with E-state index >= 15 is 0 Å². The smallest absolute Gasteiger partial charge is 0.375 e. The summed E-state index contributed by atoms with van der Waals surface area (Å²) < 4.78 is 5.29. The molecule has 2 rings (SSSR count). The zero-order valence-corrected chi connectivity index (χ0v) is 21.2. The number of Topliss-reactive ketones (excluding diaryl/α,β-unsaturated/α-hetero) is 1. The van der Waals surface area contributed by atoms with Gasteiger partial charge in [-0.3, -0.25) is 9.59 Å². The van der Waals surface area contributed by atoms with Gasteiger partial charge in [0.1, 0.15) is 5.60 Å². The maximum Gasteiger partial charge on any atom is 0.375 e. The summed E-state index contributed by atoms with van der Waals surface area (Å²) in [5.41, 5.74) is 0.476. The molecule has 1 N–H and O–H groups in total. The first kappa shape index (κ1) is 27.3. The van der Waals surface area contributed by atoms with E-state index in [1.54, 1.807) is 51.1 Å².